The van der Waals surface area contributed by atoms with Crippen molar-refractivity contribution in [3.8, 4) is 16.2 Å². The number of nitrogens with zero attached hydrogens (tertiary/aromatic N) is 2. The number of anilines is 1. The highest BCUT2D eigenvalue weighted by molar-refractivity contribution is 7.17. The number of rotatable bonds is 4. The summed E-state index contributed by atoms with van der Waals surface area (Å²) in [5, 5.41) is 7.07. The molecule has 3 heterocycles. The van der Waals surface area contributed by atoms with Gasteiger partial charge < -0.3 is 14.8 Å². The van der Waals surface area contributed by atoms with Crippen molar-refractivity contribution in [2.45, 2.75) is 33.5 Å². The molecular formula is C21H21N3O4S. The smallest absolute Gasteiger partial charge is 0.349 e. The normalized spacial score (nSPS) is 13.1. The van der Waals surface area contributed by atoms with Crippen LogP contribution in [0.3, 0.4) is 0 Å². The maximum atomic E-state index is 12.6. The van der Waals surface area contributed by atoms with E-state index < -0.39 is 18.0 Å². The molecule has 7 nitrogen and oxygen atoms in total. The van der Waals surface area contributed by atoms with Gasteiger partial charge in [0, 0.05) is 23.1 Å². The van der Waals surface area contributed by atoms with Gasteiger partial charge in [0.05, 0.1) is 17.1 Å². The van der Waals surface area contributed by atoms with Crippen LogP contribution in [0.4, 0.5) is 5.69 Å². The predicted molar refractivity (Wildman–Crippen MR) is 110 cm³/mol. The van der Waals surface area contributed by atoms with Gasteiger partial charge in [-0.3, -0.25) is 9.48 Å². The molecular weight excluding hydrogens is 390 g/mol. The Kier molecular flexibility index (Phi) is 4.87. The topological polar surface area (TPSA) is 82.5 Å². The number of amides is 1. The SMILES string of the molecule is Cc1nn(C)c(C)c1NC(=O)[C@H](C)OC(=O)c1cc2c(s1)-c1ccccc1OC2. The van der Waals surface area contributed by atoms with E-state index in [1.807, 2.05) is 45.2 Å². The zero-order valence-corrected chi connectivity index (χ0v) is 17.4. The quantitative estimate of drug-likeness (QED) is 0.660. The van der Waals surface area contributed by atoms with E-state index in [4.69, 9.17) is 9.47 Å². The summed E-state index contributed by atoms with van der Waals surface area (Å²) < 4.78 is 12.8. The number of esters is 1. The summed E-state index contributed by atoms with van der Waals surface area (Å²) in [7, 11) is 1.81. The average molecular weight is 411 g/mol. The Morgan fingerprint density at radius 2 is 2.07 bits per heavy atom. The lowest BCUT2D eigenvalue weighted by Crippen LogP contribution is -2.30. The first kappa shape index (κ1) is 19.2. The van der Waals surface area contributed by atoms with Crippen LogP contribution >= 0.6 is 11.3 Å². The fourth-order valence-corrected chi connectivity index (χ4v) is 4.33. The molecule has 0 aliphatic carbocycles. The summed E-state index contributed by atoms with van der Waals surface area (Å²) in [4.78, 5) is 26.6. The number of hydrogen-bond acceptors (Lipinski definition) is 6. The summed E-state index contributed by atoms with van der Waals surface area (Å²) in [6.45, 7) is 5.64. The molecule has 1 aliphatic rings. The standard InChI is InChI=1S/C21H21N3O4S/c1-11-18(12(2)24(4)23-11)22-20(25)13(3)28-21(26)17-9-14-10-27-16-8-6-5-7-15(16)19(14)29-17/h5-9,13H,10H2,1-4H3,(H,22,25)/t13-/m0/s1. The van der Waals surface area contributed by atoms with Crippen LogP contribution in [0.5, 0.6) is 5.75 Å². The number of hydrogen-bond donors (Lipinski definition) is 1. The van der Waals surface area contributed by atoms with Crippen molar-refractivity contribution in [3.63, 3.8) is 0 Å². The predicted octanol–water partition coefficient (Wildman–Crippen LogP) is 3.84. The molecule has 29 heavy (non-hydrogen) atoms. The van der Waals surface area contributed by atoms with E-state index in [-0.39, 0.29) is 0 Å². The highest BCUT2D eigenvalue weighted by Crippen LogP contribution is 2.42. The van der Waals surface area contributed by atoms with Gasteiger partial charge >= 0.3 is 5.97 Å². The van der Waals surface area contributed by atoms with Crippen molar-refractivity contribution >= 4 is 28.9 Å². The number of nitrogens with one attached hydrogen (secondary N) is 1. The molecule has 8 heteroatoms. The second-order valence-electron chi connectivity index (χ2n) is 6.96. The molecule has 1 amide bonds. The summed E-state index contributed by atoms with van der Waals surface area (Å²) in [5.41, 5.74) is 4.09. The Bertz CT molecular complexity index is 1120. The number of aromatic nitrogens is 2. The molecule has 150 valence electrons. The molecule has 0 unspecified atom stereocenters. The van der Waals surface area contributed by atoms with Crippen molar-refractivity contribution in [1.29, 1.82) is 0 Å². The first-order chi connectivity index (χ1) is 13.8. The van der Waals surface area contributed by atoms with Gasteiger partial charge in [-0.1, -0.05) is 12.1 Å². The molecule has 0 saturated carbocycles. The average Bonchev–Trinajstić information content (AvgIpc) is 3.25. The van der Waals surface area contributed by atoms with Crippen molar-refractivity contribution < 1.29 is 19.1 Å². The number of ether oxygens (including phenoxy) is 2. The maximum Gasteiger partial charge on any atom is 0.349 e. The van der Waals surface area contributed by atoms with Crippen LogP contribution in [0.1, 0.15) is 33.5 Å². The molecule has 2 aromatic heterocycles. The van der Waals surface area contributed by atoms with Crippen molar-refractivity contribution in [1.82, 2.24) is 9.78 Å². The largest absolute Gasteiger partial charge is 0.488 e. The number of aryl methyl sites for hydroxylation is 2. The van der Waals surface area contributed by atoms with Crippen LogP contribution in [0.15, 0.2) is 30.3 Å². The molecule has 1 aromatic carbocycles. The van der Waals surface area contributed by atoms with Gasteiger partial charge in [0.1, 0.15) is 17.2 Å². The Labute approximate surface area is 172 Å². The van der Waals surface area contributed by atoms with Crippen LogP contribution in [0.2, 0.25) is 0 Å². The Morgan fingerprint density at radius 1 is 1.31 bits per heavy atom. The van der Waals surface area contributed by atoms with Crippen LogP contribution in [-0.2, 0) is 23.2 Å². The number of fused-ring (bicyclic) bond motifs is 3. The number of thiophene rings is 1. The molecule has 1 N–H and O–H groups in total. The number of carbonyl (C=O) groups excluding carboxylic acids is 2. The monoisotopic (exact) mass is 411 g/mol. The lowest BCUT2D eigenvalue weighted by Gasteiger charge is -2.16. The molecule has 3 aromatic rings. The summed E-state index contributed by atoms with van der Waals surface area (Å²) in [5.74, 6) is -0.117. The molecule has 0 spiro atoms. The minimum absolute atomic E-state index is 0.396. The van der Waals surface area contributed by atoms with E-state index >= 15 is 0 Å². The van der Waals surface area contributed by atoms with Crippen LogP contribution in [0, 0.1) is 13.8 Å². The number of benzene rings is 1. The Morgan fingerprint density at radius 3 is 2.79 bits per heavy atom. The zero-order chi connectivity index (χ0) is 20.7. The molecule has 0 bridgehead atoms. The van der Waals surface area contributed by atoms with E-state index in [1.54, 1.807) is 17.7 Å². The van der Waals surface area contributed by atoms with Crippen molar-refractivity contribution in [2.75, 3.05) is 5.32 Å². The van der Waals surface area contributed by atoms with E-state index in [0.29, 0.717) is 22.9 Å². The zero-order valence-electron chi connectivity index (χ0n) is 16.6. The van der Waals surface area contributed by atoms with Gasteiger partial charge in [-0.25, -0.2) is 4.79 Å². The van der Waals surface area contributed by atoms with Gasteiger partial charge in [-0.05, 0) is 39.0 Å². The van der Waals surface area contributed by atoms with Crippen LogP contribution < -0.4 is 10.1 Å². The third kappa shape index (κ3) is 3.51. The molecule has 4 rings (SSSR count). The van der Waals surface area contributed by atoms with E-state index in [0.717, 1.165) is 27.4 Å². The lowest BCUT2D eigenvalue weighted by atomic mass is 10.1. The van der Waals surface area contributed by atoms with E-state index in [9.17, 15) is 9.59 Å². The van der Waals surface area contributed by atoms with Crippen molar-refractivity contribution in [2.24, 2.45) is 7.05 Å². The highest BCUT2D eigenvalue weighted by Gasteiger charge is 2.26. The molecule has 0 saturated heterocycles. The van der Waals surface area contributed by atoms with Gasteiger partial charge in [-0.2, -0.15) is 5.10 Å². The third-order valence-electron chi connectivity index (χ3n) is 4.94. The first-order valence-electron chi connectivity index (χ1n) is 9.22. The summed E-state index contributed by atoms with van der Waals surface area (Å²) in [6, 6.07) is 9.50. The lowest BCUT2D eigenvalue weighted by molar-refractivity contribution is -0.123. The van der Waals surface area contributed by atoms with Gasteiger partial charge in [-0.15, -0.1) is 11.3 Å². The Hall–Kier alpha value is -3.13. The molecule has 0 fully saturated rings. The van der Waals surface area contributed by atoms with Gasteiger partial charge in [0.15, 0.2) is 6.10 Å². The second-order valence-corrected chi connectivity index (χ2v) is 8.01. The van der Waals surface area contributed by atoms with E-state index in [2.05, 4.69) is 10.4 Å². The van der Waals surface area contributed by atoms with E-state index in [1.165, 1.54) is 11.3 Å². The minimum Gasteiger partial charge on any atom is -0.488 e. The summed E-state index contributed by atoms with van der Waals surface area (Å²) in [6.07, 6.45) is -0.941. The number of para-hydroxylation sites is 1. The third-order valence-corrected chi connectivity index (χ3v) is 6.13. The highest BCUT2D eigenvalue weighted by atomic mass is 32.1. The molecule has 1 atom stereocenters. The van der Waals surface area contributed by atoms with Crippen molar-refractivity contribution in [3.05, 3.63) is 52.2 Å². The van der Waals surface area contributed by atoms with Crippen LogP contribution in [0.25, 0.3) is 10.4 Å². The fourth-order valence-electron chi connectivity index (χ4n) is 3.25. The number of carbonyl (C=O) groups is 2. The van der Waals surface area contributed by atoms with Gasteiger partial charge in [0.25, 0.3) is 5.91 Å². The van der Waals surface area contributed by atoms with Gasteiger partial charge in [0.2, 0.25) is 0 Å². The first-order valence-corrected chi connectivity index (χ1v) is 10.0. The summed E-state index contributed by atoms with van der Waals surface area (Å²) >= 11 is 1.35. The fraction of sp³-hybridized carbons (Fsp3) is 0.286. The molecule has 0 radical (unpaired) electrons. The maximum absolute atomic E-state index is 12.6. The Balaban J connectivity index is 1.47. The minimum atomic E-state index is -0.941. The molecule has 1 aliphatic heterocycles. The second kappa shape index (κ2) is 7.36. The van der Waals surface area contributed by atoms with Crippen LogP contribution in [-0.4, -0.2) is 27.8 Å².